The van der Waals surface area contributed by atoms with Crippen LogP contribution in [0, 0.1) is 5.82 Å². The monoisotopic (exact) mass is 293 g/mol. The van der Waals surface area contributed by atoms with E-state index < -0.39 is 5.82 Å². The molecule has 5 nitrogen and oxygen atoms in total. The van der Waals surface area contributed by atoms with Crippen molar-refractivity contribution in [2.45, 2.75) is 0 Å². The first-order valence-corrected chi connectivity index (χ1v) is 6.36. The molecule has 1 aromatic heterocycles. The topological polar surface area (TPSA) is 60.7 Å². The van der Waals surface area contributed by atoms with Crippen LogP contribution < -0.4 is 10.1 Å². The summed E-state index contributed by atoms with van der Waals surface area (Å²) in [5.41, 5.74) is 0.532. The number of rotatable bonds is 6. The molecule has 0 aliphatic rings. The van der Waals surface area contributed by atoms with Crippen molar-refractivity contribution in [1.82, 2.24) is 5.32 Å². The van der Waals surface area contributed by atoms with E-state index in [1.807, 2.05) is 0 Å². The summed E-state index contributed by atoms with van der Waals surface area (Å²) in [6.07, 6.45) is 0. The van der Waals surface area contributed by atoms with Gasteiger partial charge in [0.2, 0.25) is 0 Å². The molecule has 0 saturated heterocycles. The lowest BCUT2D eigenvalue weighted by molar-refractivity contribution is 0.0910. The number of benzene rings is 1. The third-order valence-corrected chi connectivity index (χ3v) is 2.86. The molecular formula is C15H16FNO4. The summed E-state index contributed by atoms with van der Waals surface area (Å²) < 4.78 is 28.8. The van der Waals surface area contributed by atoms with E-state index in [2.05, 4.69) is 5.32 Å². The average Bonchev–Trinajstić information content (AvgIpc) is 2.97. The molecule has 112 valence electrons. The number of methoxy groups -OCH3 is 2. The number of ether oxygens (including phenoxy) is 2. The highest BCUT2D eigenvalue weighted by Gasteiger charge is 2.13. The summed E-state index contributed by atoms with van der Waals surface area (Å²) >= 11 is 0. The van der Waals surface area contributed by atoms with E-state index in [0.29, 0.717) is 24.5 Å². The Bertz CT molecular complexity index is 624. The lowest BCUT2D eigenvalue weighted by Crippen LogP contribution is -2.26. The zero-order valence-electron chi connectivity index (χ0n) is 11.8. The van der Waals surface area contributed by atoms with Gasteiger partial charge in [-0.25, -0.2) is 4.39 Å². The van der Waals surface area contributed by atoms with E-state index >= 15 is 0 Å². The van der Waals surface area contributed by atoms with Crippen molar-refractivity contribution in [1.29, 1.82) is 0 Å². The first kappa shape index (κ1) is 15.1. The summed E-state index contributed by atoms with van der Waals surface area (Å²) in [6, 6.07) is 7.62. The van der Waals surface area contributed by atoms with Crippen LogP contribution in [0.1, 0.15) is 10.6 Å². The summed E-state index contributed by atoms with van der Waals surface area (Å²) in [4.78, 5) is 11.8. The molecule has 21 heavy (non-hydrogen) atoms. The van der Waals surface area contributed by atoms with Crippen molar-refractivity contribution in [3.63, 3.8) is 0 Å². The van der Waals surface area contributed by atoms with E-state index in [-0.39, 0.29) is 17.4 Å². The van der Waals surface area contributed by atoms with Gasteiger partial charge in [-0.1, -0.05) is 0 Å². The first-order chi connectivity index (χ1) is 10.2. The Morgan fingerprint density at radius 3 is 2.76 bits per heavy atom. The van der Waals surface area contributed by atoms with Crippen molar-refractivity contribution in [2.75, 3.05) is 27.4 Å². The Hall–Kier alpha value is -2.34. The molecule has 0 spiro atoms. The summed E-state index contributed by atoms with van der Waals surface area (Å²) in [5.74, 6) is -0.0987. The number of furan rings is 1. The van der Waals surface area contributed by atoms with Gasteiger partial charge >= 0.3 is 0 Å². The van der Waals surface area contributed by atoms with Gasteiger partial charge in [0.25, 0.3) is 5.91 Å². The Morgan fingerprint density at radius 2 is 2.10 bits per heavy atom. The molecule has 0 aliphatic carbocycles. The molecule has 0 fully saturated rings. The fraction of sp³-hybridized carbons (Fsp3) is 0.267. The normalized spacial score (nSPS) is 10.4. The molecule has 1 aromatic carbocycles. The summed E-state index contributed by atoms with van der Waals surface area (Å²) in [5, 5.41) is 2.64. The summed E-state index contributed by atoms with van der Waals surface area (Å²) in [6.45, 7) is 0.811. The van der Waals surface area contributed by atoms with E-state index in [1.54, 1.807) is 25.3 Å². The molecule has 0 unspecified atom stereocenters. The second kappa shape index (κ2) is 6.90. The van der Waals surface area contributed by atoms with Gasteiger partial charge in [0, 0.05) is 19.2 Å². The highest BCUT2D eigenvalue weighted by molar-refractivity contribution is 5.92. The van der Waals surface area contributed by atoms with Gasteiger partial charge in [-0.05, 0) is 30.3 Å². The highest BCUT2D eigenvalue weighted by atomic mass is 19.1. The molecule has 1 amide bonds. The molecule has 2 aromatic rings. The second-order valence-corrected chi connectivity index (χ2v) is 4.26. The van der Waals surface area contributed by atoms with Crippen LogP contribution in [0.3, 0.4) is 0 Å². The van der Waals surface area contributed by atoms with Gasteiger partial charge in [0.05, 0.1) is 13.7 Å². The maximum Gasteiger partial charge on any atom is 0.287 e. The number of hydrogen-bond acceptors (Lipinski definition) is 4. The highest BCUT2D eigenvalue weighted by Crippen LogP contribution is 2.26. The van der Waals surface area contributed by atoms with E-state index in [0.717, 1.165) is 0 Å². The average molecular weight is 293 g/mol. The van der Waals surface area contributed by atoms with Crippen LogP contribution in [0.25, 0.3) is 11.3 Å². The van der Waals surface area contributed by atoms with Crippen molar-refractivity contribution in [3.05, 3.63) is 41.9 Å². The van der Waals surface area contributed by atoms with Gasteiger partial charge in [0.1, 0.15) is 5.76 Å². The van der Waals surface area contributed by atoms with E-state index in [1.165, 1.54) is 19.2 Å². The zero-order valence-corrected chi connectivity index (χ0v) is 11.8. The van der Waals surface area contributed by atoms with Crippen LogP contribution >= 0.6 is 0 Å². The Kier molecular flexibility index (Phi) is 4.94. The smallest absolute Gasteiger partial charge is 0.287 e. The van der Waals surface area contributed by atoms with Crippen molar-refractivity contribution < 1.29 is 23.1 Å². The summed E-state index contributed by atoms with van der Waals surface area (Å²) in [7, 11) is 2.95. The standard InChI is InChI=1S/C15H16FNO4/c1-19-8-7-17-15(18)14-6-5-12(21-14)10-3-4-13(20-2)11(16)9-10/h3-6,9H,7-8H2,1-2H3,(H,17,18). The number of amides is 1. The third kappa shape index (κ3) is 3.61. The fourth-order valence-corrected chi connectivity index (χ4v) is 1.79. The zero-order chi connectivity index (χ0) is 15.2. The molecular weight excluding hydrogens is 277 g/mol. The molecule has 0 saturated carbocycles. The molecule has 1 heterocycles. The minimum absolute atomic E-state index is 0.155. The van der Waals surface area contributed by atoms with Crippen molar-refractivity contribution >= 4 is 5.91 Å². The third-order valence-electron chi connectivity index (χ3n) is 2.86. The van der Waals surface area contributed by atoms with Crippen molar-refractivity contribution in [2.24, 2.45) is 0 Å². The number of nitrogens with one attached hydrogen (secondary N) is 1. The predicted octanol–water partition coefficient (Wildman–Crippen LogP) is 2.47. The Balaban J connectivity index is 2.12. The second-order valence-electron chi connectivity index (χ2n) is 4.26. The van der Waals surface area contributed by atoms with Crippen LogP contribution in [0.5, 0.6) is 5.75 Å². The minimum atomic E-state index is -0.488. The molecule has 0 atom stereocenters. The van der Waals surface area contributed by atoms with Gasteiger partial charge in [-0.3, -0.25) is 4.79 Å². The van der Waals surface area contributed by atoms with Crippen LogP contribution in [0.15, 0.2) is 34.7 Å². The van der Waals surface area contributed by atoms with E-state index in [9.17, 15) is 9.18 Å². The molecule has 6 heteroatoms. The molecule has 2 rings (SSSR count). The largest absolute Gasteiger partial charge is 0.494 e. The molecule has 1 N–H and O–H groups in total. The van der Waals surface area contributed by atoms with Gasteiger partial charge in [-0.2, -0.15) is 0 Å². The van der Waals surface area contributed by atoms with Gasteiger partial charge in [0.15, 0.2) is 17.3 Å². The number of carbonyl (C=O) groups is 1. The number of hydrogen-bond donors (Lipinski definition) is 1. The maximum atomic E-state index is 13.6. The lowest BCUT2D eigenvalue weighted by atomic mass is 10.1. The van der Waals surface area contributed by atoms with Crippen LogP contribution in [-0.2, 0) is 4.74 Å². The molecule has 0 bridgehead atoms. The predicted molar refractivity (Wildman–Crippen MR) is 74.9 cm³/mol. The van der Waals surface area contributed by atoms with Crippen molar-refractivity contribution in [3.8, 4) is 17.1 Å². The minimum Gasteiger partial charge on any atom is -0.494 e. The first-order valence-electron chi connectivity index (χ1n) is 6.36. The molecule has 0 aliphatic heterocycles. The quantitative estimate of drug-likeness (QED) is 0.831. The van der Waals surface area contributed by atoms with Crippen LogP contribution in [-0.4, -0.2) is 33.3 Å². The van der Waals surface area contributed by atoms with E-state index in [4.69, 9.17) is 13.9 Å². The molecule has 0 radical (unpaired) electrons. The number of carbonyl (C=O) groups excluding carboxylic acids is 1. The van der Waals surface area contributed by atoms with Crippen LogP contribution in [0.2, 0.25) is 0 Å². The van der Waals surface area contributed by atoms with Gasteiger partial charge < -0.3 is 19.2 Å². The lowest BCUT2D eigenvalue weighted by Gasteiger charge is -2.03. The Morgan fingerprint density at radius 1 is 1.29 bits per heavy atom. The number of halogens is 1. The fourth-order valence-electron chi connectivity index (χ4n) is 1.79. The SMILES string of the molecule is COCCNC(=O)c1ccc(-c2ccc(OC)c(F)c2)o1. The maximum absolute atomic E-state index is 13.6. The van der Waals surface area contributed by atoms with Gasteiger partial charge in [-0.15, -0.1) is 0 Å². The van der Waals surface area contributed by atoms with Crippen LogP contribution in [0.4, 0.5) is 4.39 Å². The Labute approximate surface area is 121 Å².